The Morgan fingerprint density at radius 2 is 1.88 bits per heavy atom. The number of aliphatic hydroxyl groups is 3. The van der Waals surface area contributed by atoms with Crippen molar-refractivity contribution in [1.82, 2.24) is 19.5 Å². The van der Waals surface area contributed by atoms with Crippen molar-refractivity contribution in [1.29, 1.82) is 0 Å². The van der Waals surface area contributed by atoms with Gasteiger partial charge in [0.15, 0.2) is 29.3 Å². The Morgan fingerprint density at radius 3 is 2.44 bits per heavy atom. The fourth-order valence-corrected chi connectivity index (χ4v) is 4.61. The summed E-state index contributed by atoms with van der Waals surface area (Å²) in [5.74, 6) is -1.05. The molecular weight excluding hydrogens is 562 g/mol. The molecule has 4 rings (SSSR count). The van der Waals surface area contributed by atoms with Crippen molar-refractivity contribution in [2.75, 3.05) is 31.2 Å². The number of aromatic nitrogens is 4. The van der Waals surface area contributed by atoms with E-state index >= 15 is 0 Å². The maximum atomic E-state index is 12.1. The number of benzene rings is 1. The Bertz CT molecular complexity index is 1440. The summed E-state index contributed by atoms with van der Waals surface area (Å²) in [4.78, 5) is 38.7. The molecule has 0 bridgehead atoms. The second kappa shape index (κ2) is 12.0. The molecule has 1 aromatic carbocycles. The third-order valence-electron chi connectivity index (χ3n) is 6.49. The predicted molar refractivity (Wildman–Crippen MR) is 143 cm³/mol. The number of anilines is 1. The van der Waals surface area contributed by atoms with Gasteiger partial charge in [-0.3, -0.25) is 4.57 Å². The standard InChI is InChI=1S/C26H28ClN5O9/c1-3-17(34)21(32-14-28-18-19(29-24(27)30-20(18)32)31-12-25(2,39)13-31)41-16(10-33)11-40-26(22(35)36,23(37)38)9-15-7-5-4-6-8-15/h1,4-8,14,16-17,21,33-34,39H,9-13H2,2H3,(H,35,36)(H,37,38)/t16-,17+,21+/m0/s1. The number of carboxylic acids is 2. The van der Waals surface area contributed by atoms with Gasteiger partial charge in [-0.05, 0) is 24.1 Å². The molecule has 1 aliphatic heterocycles. The van der Waals surface area contributed by atoms with Crippen LogP contribution < -0.4 is 4.90 Å². The molecule has 0 unspecified atom stereocenters. The highest BCUT2D eigenvalue weighted by molar-refractivity contribution is 6.28. The van der Waals surface area contributed by atoms with Gasteiger partial charge in [0.05, 0.1) is 25.1 Å². The molecule has 5 N–H and O–H groups in total. The lowest BCUT2D eigenvalue weighted by Crippen LogP contribution is -2.60. The number of β-amino-alcohol motifs (C(OH)–C–C–N with tert-alkyl or cyclic N) is 1. The molecular formula is C26H28ClN5O9. The molecule has 3 atom stereocenters. The number of rotatable bonds is 13. The number of hydrogen-bond donors (Lipinski definition) is 5. The van der Waals surface area contributed by atoms with Crippen molar-refractivity contribution >= 4 is 40.5 Å². The molecule has 0 saturated carbocycles. The number of aliphatic carboxylic acids is 2. The van der Waals surface area contributed by atoms with Crippen LogP contribution in [-0.4, -0.2) is 107 Å². The molecule has 1 aliphatic rings. The van der Waals surface area contributed by atoms with Crippen LogP contribution in [0.5, 0.6) is 0 Å². The molecule has 15 heteroatoms. The average molecular weight is 590 g/mol. The minimum atomic E-state index is -2.70. The molecule has 0 amide bonds. The Labute approximate surface area is 238 Å². The maximum absolute atomic E-state index is 12.1. The number of fused-ring (bicyclic) bond motifs is 1. The number of hydrogen-bond acceptors (Lipinski definition) is 11. The number of ether oxygens (including phenoxy) is 2. The van der Waals surface area contributed by atoms with Crippen LogP contribution in [0.4, 0.5) is 5.82 Å². The van der Waals surface area contributed by atoms with Crippen LogP contribution in [0, 0.1) is 12.3 Å². The first-order chi connectivity index (χ1) is 19.4. The molecule has 0 radical (unpaired) electrons. The molecule has 1 saturated heterocycles. The quantitative estimate of drug-likeness (QED) is 0.102. The lowest BCUT2D eigenvalue weighted by atomic mass is 9.94. The van der Waals surface area contributed by atoms with Crippen molar-refractivity contribution in [3.8, 4) is 12.3 Å². The van der Waals surface area contributed by atoms with Gasteiger partial charge in [-0.25, -0.2) is 14.6 Å². The number of imidazole rings is 1. The van der Waals surface area contributed by atoms with Gasteiger partial charge in [0.2, 0.25) is 5.28 Å². The first kappa shape index (κ1) is 30.1. The summed E-state index contributed by atoms with van der Waals surface area (Å²) in [5, 5.41) is 50.3. The van der Waals surface area contributed by atoms with Gasteiger partial charge in [0.25, 0.3) is 5.60 Å². The van der Waals surface area contributed by atoms with Gasteiger partial charge in [0.1, 0.15) is 6.10 Å². The highest BCUT2D eigenvalue weighted by atomic mass is 35.5. The summed E-state index contributed by atoms with van der Waals surface area (Å²) in [6.45, 7) is 0.723. The summed E-state index contributed by atoms with van der Waals surface area (Å²) in [6, 6.07) is 8.03. The fraction of sp³-hybridized carbons (Fsp3) is 0.423. The SMILES string of the molecule is C#C[C@@H](O)[C@@H](O[C@@H](CO)COC(Cc1ccccc1)(C(=O)O)C(=O)O)n1cnc2c(N3CC(C)(O)C3)nc(Cl)nc21. The van der Waals surface area contributed by atoms with E-state index in [0.29, 0.717) is 11.4 Å². The number of nitrogens with zero attached hydrogens (tertiary/aromatic N) is 5. The van der Waals surface area contributed by atoms with Crippen LogP contribution in [0.1, 0.15) is 18.7 Å². The summed E-state index contributed by atoms with van der Waals surface area (Å²) >= 11 is 6.16. The lowest BCUT2D eigenvalue weighted by molar-refractivity contribution is -0.195. The van der Waals surface area contributed by atoms with E-state index < -0.39 is 61.2 Å². The highest BCUT2D eigenvalue weighted by Gasteiger charge is 2.49. The zero-order valence-electron chi connectivity index (χ0n) is 21.8. The predicted octanol–water partition coefficient (Wildman–Crippen LogP) is 0.0882. The van der Waals surface area contributed by atoms with Gasteiger partial charge in [-0.2, -0.15) is 9.97 Å². The molecule has 1 fully saturated rings. The summed E-state index contributed by atoms with van der Waals surface area (Å²) in [7, 11) is 0. The molecule has 3 heterocycles. The molecule has 2 aromatic heterocycles. The molecule has 218 valence electrons. The topological polar surface area (TPSA) is 201 Å². The first-order valence-corrected chi connectivity index (χ1v) is 12.7. The normalized spacial score (nSPS) is 16.9. The van der Waals surface area contributed by atoms with Gasteiger partial charge >= 0.3 is 11.9 Å². The van der Waals surface area contributed by atoms with E-state index in [9.17, 15) is 35.1 Å². The van der Waals surface area contributed by atoms with Crippen molar-refractivity contribution in [3.05, 3.63) is 47.5 Å². The third kappa shape index (κ3) is 6.25. The van der Waals surface area contributed by atoms with Crippen LogP contribution in [0.2, 0.25) is 5.28 Å². The van der Waals surface area contributed by atoms with Crippen LogP contribution in [0.25, 0.3) is 11.2 Å². The second-order valence-electron chi connectivity index (χ2n) is 9.85. The summed E-state index contributed by atoms with van der Waals surface area (Å²) in [6.07, 6.45) is 1.78. The van der Waals surface area contributed by atoms with Crippen LogP contribution >= 0.6 is 11.6 Å². The second-order valence-corrected chi connectivity index (χ2v) is 10.2. The summed E-state index contributed by atoms with van der Waals surface area (Å²) < 4.78 is 12.5. The van der Waals surface area contributed by atoms with Crippen molar-refractivity contribution in [2.45, 2.75) is 43.0 Å². The van der Waals surface area contributed by atoms with Crippen molar-refractivity contribution in [3.63, 3.8) is 0 Å². The number of terminal acetylenes is 1. The van der Waals surface area contributed by atoms with E-state index in [1.165, 1.54) is 10.9 Å². The number of carboxylic acid groups (broad SMARTS) is 2. The van der Waals surface area contributed by atoms with Crippen molar-refractivity contribution in [2.24, 2.45) is 0 Å². The average Bonchev–Trinajstić information content (AvgIpc) is 3.33. The molecule has 3 aromatic rings. The summed E-state index contributed by atoms with van der Waals surface area (Å²) in [5.41, 5.74) is -2.86. The number of aliphatic hydroxyl groups excluding tert-OH is 2. The molecule has 0 spiro atoms. The van der Waals surface area contributed by atoms with Crippen LogP contribution in [0.3, 0.4) is 0 Å². The van der Waals surface area contributed by atoms with E-state index in [0.717, 1.165) is 0 Å². The van der Waals surface area contributed by atoms with E-state index in [1.54, 1.807) is 42.2 Å². The lowest BCUT2D eigenvalue weighted by Gasteiger charge is -2.44. The third-order valence-corrected chi connectivity index (χ3v) is 6.66. The first-order valence-electron chi connectivity index (χ1n) is 12.3. The molecule has 14 nitrogen and oxygen atoms in total. The van der Waals surface area contributed by atoms with Gasteiger partial charge in [-0.1, -0.05) is 36.3 Å². The van der Waals surface area contributed by atoms with Gasteiger partial charge in [-0.15, -0.1) is 6.42 Å². The minimum Gasteiger partial charge on any atom is -0.479 e. The molecule has 41 heavy (non-hydrogen) atoms. The van der Waals surface area contributed by atoms with Gasteiger partial charge in [0, 0.05) is 19.5 Å². The smallest absolute Gasteiger partial charge is 0.348 e. The number of halogens is 1. The molecule has 0 aliphatic carbocycles. The van der Waals surface area contributed by atoms with Gasteiger partial charge < -0.3 is 39.9 Å². The highest BCUT2D eigenvalue weighted by Crippen LogP contribution is 2.33. The Hall–Kier alpha value is -3.84. The monoisotopic (exact) mass is 589 g/mol. The van der Waals surface area contributed by atoms with Crippen molar-refractivity contribution < 1.29 is 44.6 Å². The van der Waals surface area contributed by atoms with E-state index in [1.807, 2.05) is 0 Å². The van der Waals surface area contributed by atoms with Crippen LogP contribution in [0.15, 0.2) is 36.7 Å². The Kier molecular flexibility index (Phi) is 8.78. The Balaban J connectivity index is 1.61. The Morgan fingerprint density at radius 1 is 1.22 bits per heavy atom. The largest absolute Gasteiger partial charge is 0.479 e. The van der Waals surface area contributed by atoms with E-state index in [-0.39, 0.29) is 29.5 Å². The number of carbonyl (C=O) groups is 2. The van der Waals surface area contributed by atoms with E-state index in [4.69, 9.17) is 27.5 Å². The fourth-order valence-electron chi connectivity index (χ4n) is 4.45. The zero-order valence-corrected chi connectivity index (χ0v) is 22.5. The van der Waals surface area contributed by atoms with E-state index in [2.05, 4.69) is 20.9 Å². The maximum Gasteiger partial charge on any atom is 0.348 e. The minimum absolute atomic E-state index is 0.109. The zero-order chi connectivity index (χ0) is 29.9. The van der Waals surface area contributed by atoms with Crippen LogP contribution in [-0.2, 0) is 25.5 Å².